The first-order valence-electron chi connectivity index (χ1n) is 8.46. The molecule has 122 valence electrons. The van der Waals surface area contributed by atoms with Crippen LogP contribution in [0.5, 0.6) is 0 Å². The Morgan fingerprint density at radius 3 is 2.73 bits per heavy atom. The number of nitrogens with one attached hydrogen (secondary N) is 1. The van der Waals surface area contributed by atoms with Gasteiger partial charge in [0, 0.05) is 26.1 Å². The Morgan fingerprint density at radius 1 is 1.23 bits per heavy atom. The number of hydrogen-bond donors (Lipinski definition) is 1. The molecule has 0 spiro atoms. The first kappa shape index (κ1) is 17.0. The molecule has 3 heteroatoms. The second-order valence-electron chi connectivity index (χ2n) is 7.38. The van der Waals surface area contributed by atoms with Gasteiger partial charge in [-0.2, -0.15) is 0 Å². The van der Waals surface area contributed by atoms with Crippen LogP contribution >= 0.6 is 0 Å². The molecular formula is C19H30N2O. The van der Waals surface area contributed by atoms with Crippen molar-refractivity contribution in [1.82, 2.24) is 10.2 Å². The van der Waals surface area contributed by atoms with Crippen LogP contribution in [-0.2, 0) is 16.6 Å². The van der Waals surface area contributed by atoms with Crippen LogP contribution in [0.15, 0.2) is 18.2 Å². The highest BCUT2D eigenvalue weighted by atomic mass is 16.2. The van der Waals surface area contributed by atoms with E-state index in [-0.39, 0.29) is 5.41 Å². The van der Waals surface area contributed by atoms with Crippen molar-refractivity contribution in [3.63, 3.8) is 0 Å². The van der Waals surface area contributed by atoms with Gasteiger partial charge in [-0.05, 0) is 48.4 Å². The molecule has 0 aliphatic carbocycles. The molecule has 1 aliphatic rings. The molecule has 1 aromatic rings. The summed E-state index contributed by atoms with van der Waals surface area (Å²) in [6.07, 6.45) is 2.52. The minimum Gasteiger partial charge on any atom is -0.341 e. The van der Waals surface area contributed by atoms with E-state index in [4.69, 9.17) is 0 Å². The lowest BCUT2D eigenvalue weighted by atomic mass is 9.83. The quantitative estimate of drug-likeness (QED) is 0.931. The van der Waals surface area contributed by atoms with Gasteiger partial charge in [-0.25, -0.2) is 0 Å². The van der Waals surface area contributed by atoms with Gasteiger partial charge in [0.15, 0.2) is 0 Å². The summed E-state index contributed by atoms with van der Waals surface area (Å²) >= 11 is 0. The summed E-state index contributed by atoms with van der Waals surface area (Å²) in [6.45, 7) is 12.6. The number of carbonyl (C=O) groups excluding carboxylic acids is 1. The molecule has 0 aromatic heterocycles. The van der Waals surface area contributed by atoms with Gasteiger partial charge in [0.05, 0.1) is 0 Å². The Labute approximate surface area is 135 Å². The average molecular weight is 302 g/mol. The summed E-state index contributed by atoms with van der Waals surface area (Å²) in [5.74, 6) is 0.293. The third kappa shape index (κ3) is 4.57. The molecule has 1 amide bonds. The number of amides is 1. The number of carbonyl (C=O) groups is 1. The fourth-order valence-electron chi connectivity index (χ4n) is 3.14. The van der Waals surface area contributed by atoms with E-state index in [2.05, 4.69) is 51.2 Å². The van der Waals surface area contributed by atoms with E-state index in [1.807, 2.05) is 4.90 Å². The molecule has 3 nitrogen and oxygen atoms in total. The zero-order chi connectivity index (χ0) is 16.2. The van der Waals surface area contributed by atoms with Gasteiger partial charge in [0.25, 0.3) is 0 Å². The van der Waals surface area contributed by atoms with Gasteiger partial charge in [-0.3, -0.25) is 4.79 Å². The molecule has 1 fully saturated rings. The van der Waals surface area contributed by atoms with E-state index in [1.165, 1.54) is 16.7 Å². The second-order valence-corrected chi connectivity index (χ2v) is 7.38. The largest absolute Gasteiger partial charge is 0.341 e. The Balaban J connectivity index is 1.97. The van der Waals surface area contributed by atoms with Crippen molar-refractivity contribution in [1.29, 1.82) is 0 Å². The predicted molar refractivity (Wildman–Crippen MR) is 92.3 cm³/mol. The van der Waals surface area contributed by atoms with Crippen LogP contribution in [0.25, 0.3) is 0 Å². The SMILES string of the molecule is Cc1ccc(CCC(=O)N2CCCNCC2)cc1C(C)(C)C. The van der Waals surface area contributed by atoms with Crippen molar-refractivity contribution >= 4 is 5.91 Å². The molecule has 22 heavy (non-hydrogen) atoms. The third-order valence-electron chi connectivity index (χ3n) is 4.43. The molecule has 2 rings (SSSR count). The molecular weight excluding hydrogens is 272 g/mol. The highest BCUT2D eigenvalue weighted by Crippen LogP contribution is 2.26. The fraction of sp³-hybridized carbons (Fsp3) is 0.632. The van der Waals surface area contributed by atoms with Crippen molar-refractivity contribution in [3.8, 4) is 0 Å². The molecule has 0 saturated carbocycles. The van der Waals surface area contributed by atoms with Crippen LogP contribution in [0, 0.1) is 6.92 Å². The van der Waals surface area contributed by atoms with Crippen LogP contribution in [0.1, 0.15) is 50.3 Å². The van der Waals surface area contributed by atoms with Crippen LogP contribution in [0.4, 0.5) is 0 Å². The molecule has 0 radical (unpaired) electrons. The van der Waals surface area contributed by atoms with Gasteiger partial charge in [0.1, 0.15) is 0 Å². The Kier molecular flexibility index (Phi) is 5.63. The van der Waals surface area contributed by atoms with E-state index >= 15 is 0 Å². The Bertz CT molecular complexity index is 509. The summed E-state index contributed by atoms with van der Waals surface area (Å²) in [5, 5.41) is 3.34. The van der Waals surface area contributed by atoms with Gasteiger partial charge < -0.3 is 10.2 Å². The molecule has 1 aromatic carbocycles. The van der Waals surface area contributed by atoms with E-state index in [0.717, 1.165) is 39.0 Å². The Morgan fingerprint density at radius 2 is 2.00 bits per heavy atom. The molecule has 0 atom stereocenters. The third-order valence-corrected chi connectivity index (χ3v) is 4.43. The Hall–Kier alpha value is -1.35. The second kappa shape index (κ2) is 7.28. The van der Waals surface area contributed by atoms with Crippen LogP contribution in [-0.4, -0.2) is 37.0 Å². The topological polar surface area (TPSA) is 32.3 Å². The molecule has 0 bridgehead atoms. The number of benzene rings is 1. The van der Waals surface area contributed by atoms with Crippen LogP contribution < -0.4 is 5.32 Å². The van der Waals surface area contributed by atoms with Gasteiger partial charge in [0.2, 0.25) is 5.91 Å². The summed E-state index contributed by atoms with van der Waals surface area (Å²) < 4.78 is 0. The minimum atomic E-state index is 0.153. The summed E-state index contributed by atoms with van der Waals surface area (Å²) in [5.41, 5.74) is 4.15. The predicted octanol–water partition coefficient (Wildman–Crippen LogP) is 3.05. The molecule has 1 saturated heterocycles. The lowest BCUT2D eigenvalue weighted by Gasteiger charge is -2.23. The number of hydrogen-bond acceptors (Lipinski definition) is 2. The van der Waals surface area contributed by atoms with Gasteiger partial charge in [-0.1, -0.05) is 39.0 Å². The first-order valence-corrected chi connectivity index (χ1v) is 8.46. The summed E-state index contributed by atoms with van der Waals surface area (Å²) in [4.78, 5) is 14.4. The van der Waals surface area contributed by atoms with Gasteiger partial charge >= 0.3 is 0 Å². The molecule has 0 unspecified atom stereocenters. The maximum absolute atomic E-state index is 12.4. The van der Waals surface area contributed by atoms with E-state index in [9.17, 15) is 4.79 Å². The van der Waals surface area contributed by atoms with Crippen molar-refractivity contribution in [2.45, 2.75) is 52.4 Å². The lowest BCUT2D eigenvalue weighted by molar-refractivity contribution is -0.130. The van der Waals surface area contributed by atoms with Gasteiger partial charge in [-0.15, -0.1) is 0 Å². The minimum absolute atomic E-state index is 0.153. The van der Waals surface area contributed by atoms with E-state index in [0.29, 0.717) is 12.3 Å². The first-order chi connectivity index (χ1) is 10.4. The zero-order valence-corrected chi connectivity index (χ0v) is 14.5. The molecule has 1 heterocycles. The van der Waals surface area contributed by atoms with E-state index < -0.39 is 0 Å². The fourth-order valence-corrected chi connectivity index (χ4v) is 3.14. The molecule has 1 N–H and O–H groups in total. The van der Waals surface area contributed by atoms with Crippen molar-refractivity contribution < 1.29 is 4.79 Å². The van der Waals surface area contributed by atoms with Crippen LogP contribution in [0.2, 0.25) is 0 Å². The average Bonchev–Trinajstić information content (AvgIpc) is 2.74. The maximum atomic E-state index is 12.4. The monoisotopic (exact) mass is 302 g/mol. The van der Waals surface area contributed by atoms with Crippen molar-refractivity contribution in [2.24, 2.45) is 0 Å². The zero-order valence-electron chi connectivity index (χ0n) is 14.5. The van der Waals surface area contributed by atoms with E-state index in [1.54, 1.807) is 0 Å². The number of nitrogens with zero attached hydrogens (tertiary/aromatic N) is 1. The molecule has 1 aliphatic heterocycles. The van der Waals surface area contributed by atoms with Crippen molar-refractivity contribution in [3.05, 3.63) is 34.9 Å². The highest BCUT2D eigenvalue weighted by Gasteiger charge is 2.18. The smallest absolute Gasteiger partial charge is 0.222 e. The lowest BCUT2D eigenvalue weighted by Crippen LogP contribution is -2.34. The maximum Gasteiger partial charge on any atom is 0.222 e. The number of aryl methyl sites for hydroxylation is 2. The summed E-state index contributed by atoms with van der Waals surface area (Å²) in [6, 6.07) is 6.64. The van der Waals surface area contributed by atoms with Crippen LogP contribution in [0.3, 0.4) is 0 Å². The highest BCUT2D eigenvalue weighted by molar-refractivity contribution is 5.76. The standard InChI is InChI=1S/C19H30N2O/c1-15-6-7-16(14-17(15)19(2,3)4)8-9-18(22)21-12-5-10-20-11-13-21/h6-7,14,20H,5,8-13H2,1-4H3. The normalized spacial score (nSPS) is 16.5. The van der Waals surface area contributed by atoms with Crippen molar-refractivity contribution in [2.75, 3.05) is 26.2 Å². The summed E-state index contributed by atoms with van der Waals surface area (Å²) in [7, 11) is 0. The number of rotatable bonds is 3.